The van der Waals surface area contributed by atoms with Gasteiger partial charge in [-0.15, -0.1) is 0 Å². The summed E-state index contributed by atoms with van der Waals surface area (Å²) >= 11 is 0. The first-order valence-electron chi connectivity index (χ1n) is 9.59. The normalized spacial score (nSPS) is 13.4. The predicted octanol–water partition coefficient (Wildman–Crippen LogP) is 3.73. The van der Waals surface area contributed by atoms with Crippen molar-refractivity contribution in [2.75, 3.05) is 17.7 Å². The number of hydrogen-bond acceptors (Lipinski definition) is 4. The minimum Gasteiger partial charge on any atom is -0.495 e. The maximum Gasteiger partial charge on any atom is 0.244 e. The molecule has 0 heterocycles. The van der Waals surface area contributed by atoms with Gasteiger partial charge in [-0.25, -0.2) is 8.42 Å². The average molecular weight is 419 g/mol. The van der Waals surface area contributed by atoms with Gasteiger partial charge in [-0.2, -0.15) is 0 Å². The second-order valence-electron chi connectivity index (χ2n) is 7.29. The first-order valence-corrected chi connectivity index (χ1v) is 11.4. The summed E-state index contributed by atoms with van der Waals surface area (Å²) in [6, 6.07) is 12.0. The number of sulfonamides is 1. The summed E-state index contributed by atoms with van der Waals surface area (Å²) in [5, 5.41) is 2.99. The van der Waals surface area contributed by atoms with Crippen LogP contribution in [0.15, 0.2) is 42.5 Å². The number of ether oxygens (including phenoxy) is 1. The van der Waals surface area contributed by atoms with Gasteiger partial charge < -0.3 is 10.1 Å². The molecule has 2 aromatic rings. The van der Waals surface area contributed by atoms with Crippen molar-refractivity contribution >= 4 is 21.6 Å². The first-order chi connectivity index (χ1) is 13.6. The molecule has 0 unspecified atom stereocenters. The minimum atomic E-state index is -3.73. The van der Waals surface area contributed by atoms with Gasteiger partial charge in [0.1, 0.15) is 11.8 Å². The highest BCUT2D eigenvalue weighted by Gasteiger charge is 2.32. The summed E-state index contributed by atoms with van der Waals surface area (Å²) in [7, 11) is -2.26. The molecule has 0 radical (unpaired) electrons. The van der Waals surface area contributed by atoms with Crippen LogP contribution >= 0.6 is 0 Å². The van der Waals surface area contributed by atoms with Gasteiger partial charge in [0.05, 0.1) is 25.1 Å². The molecule has 0 fully saturated rings. The van der Waals surface area contributed by atoms with Crippen molar-refractivity contribution in [3.05, 3.63) is 59.2 Å². The van der Waals surface area contributed by atoms with Crippen LogP contribution in [0.5, 0.6) is 5.75 Å². The van der Waals surface area contributed by atoms with Crippen molar-refractivity contribution in [3.8, 4) is 5.75 Å². The minimum absolute atomic E-state index is 0.202. The highest BCUT2D eigenvalue weighted by atomic mass is 32.2. The molecule has 0 aliphatic rings. The maximum atomic E-state index is 13.0. The molecule has 2 atom stereocenters. The monoisotopic (exact) mass is 418 g/mol. The van der Waals surface area contributed by atoms with Gasteiger partial charge in [0.25, 0.3) is 0 Å². The van der Waals surface area contributed by atoms with Gasteiger partial charge in [0.15, 0.2) is 0 Å². The summed E-state index contributed by atoms with van der Waals surface area (Å²) in [4.78, 5) is 13.0. The topological polar surface area (TPSA) is 75.7 Å². The zero-order valence-electron chi connectivity index (χ0n) is 17.9. The van der Waals surface area contributed by atoms with Crippen LogP contribution in [0.4, 0.5) is 5.69 Å². The van der Waals surface area contributed by atoms with Crippen LogP contribution in [0.1, 0.15) is 43.0 Å². The van der Waals surface area contributed by atoms with Crippen molar-refractivity contribution in [1.82, 2.24) is 5.32 Å². The molecule has 0 saturated carbocycles. The van der Waals surface area contributed by atoms with Crippen LogP contribution in [0, 0.1) is 13.8 Å². The zero-order chi connectivity index (χ0) is 21.8. The number of rotatable bonds is 8. The standard InChI is InChI=1S/C22H30N2O4S/c1-7-19(18-11-8-15(2)9-12-18)23-22(25)17(4)24(29(6,26)27)20-14-16(3)10-13-21(20)28-5/h8-14,17,19H,7H2,1-6H3,(H,23,25)/t17-,19+/m0/s1. The molecule has 0 saturated heterocycles. The fourth-order valence-electron chi connectivity index (χ4n) is 3.27. The van der Waals surface area contributed by atoms with Crippen LogP contribution in [-0.2, 0) is 14.8 Å². The van der Waals surface area contributed by atoms with Crippen LogP contribution < -0.4 is 14.4 Å². The lowest BCUT2D eigenvalue weighted by Crippen LogP contribution is -2.48. The molecule has 0 spiro atoms. The number of nitrogens with one attached hydrogen (secondary N) is 1. The molecule has 29 heavy (non-hydrogen) atoms. The molecule has 7 heteroatoms. The lowest BCUT2D eigenvalue weighted by molar-refractivity contribution is -0.122. The van der Waals surface area contributed by atoms with Gasteiger partial charge in [-0.1, -0.05) is 42.8 Å². The summed E-state index contributed by atoms with van der Waals surface area (Å²) in [6.45, 7) is 7.43. The molecular weight excluding hydrogens is 388 g/mol. The van der Waals surface area contributed by atoms with E-state index in [-0.39, 0.29) is 11.9 Å². The largest absolute Gasteiger partial charge is 0.495 e. The van der Waals surface area contributed by atoms with E-state index in [0.29, 0.717) is 17.9 Å². The number of carbonyl (C=O) groups excluding carboxylic acids is 1. The zero-order valence-corrected chi connectivity index (χ0v) is 18.7. The number of hydrogen-bond donors (Lipinski definition) is 1. The Balaban J connectivity index is 2.36. The molecular formula is C22H30N2O4S. The van der Waals surface area contributed by atoms with E-state index in [4.69, 9.17) is 4.74 Å². The molecule has 158 valence electrons. The average Bonchev–Trinajstić information content (AvgIpc) is 2.66. The molecule has 0 aliphatic heterocycles. The molecule has 2 rings (SSSR count). The SMILES string of the molecule is CC[C@@H](NC(=O)[C@H](C)N(c1cc(C)ccc1OC)S(C)(=O)=O)c1ccc(C)cc1. The number of aryl methyl sites for hydroxylation is 2. The second-order valence-corrected chi connectivity index (χ2v) is 9.15. The van der Waals surface area contributed by atoms with Crippen molar-refractivity contribution in [2.24, 2.45) is 0 Å². The van der Waals surface area contributed by atoms with Crippen molar-refractivity contribution in [2.45, 2.75) is 46.2 Å². The van der Waals surface area contributed by atoms with Crippen LogP contribution in [0.2, 0.25) is 0 Å². The third-order valence-electron chi connectivity index (χ3n) is 4.86. The highest BCUT2D eigenvalue weighted by molar-refractivity contribution is 7.92. The van der Waals surface area contributed by atoms with Crippen molar-refractivity contribution < 1.29 is 17.9 Å². The molecule has 1 amide bonds. The predicted molar refractivity (Wildman–Crippen MR) is 117 cm³/mol. The van der Waals surface area contributed by atoms with Gasteiger partial charge in [-0.3, -0.25) is 9.10 Å². The third kappa shape index (κ3) is 5.50. The van der Waals surface area contributed by atoms with E-state index < -0.39 is 16.1 Å². The number of anilines is 1. The molecule has 0 aromatic heterocycles. The maximum absolute atomic E-state index is 13.0. The van der Waals surface area contributed by atoms with Crippen LogP contribution in [0.25, 0.3) is 0 Å². The van der Waals surface area contributed by atoms with Crippen molar-refractivity contribution in [3.63, 3.8) is 0 Å². The number of amides is 1. The first kappa shape index (κ1) is 22.7. The van der Waals surface area contributed by atoms with E-state index in [0.717, 1.165) is 27.3 Å². The Bertz CT molecular complexity index is 955. The number of carbonyl (C=O) groups is 1. The quantitative estimate of drug-likeness (QED) is 0.709. The molecule has 0 aliphatic carbocycles. The smallest absolute Gasteiger partial charge is 0.244 e. The van der Waals surface area contributed by atoms with E-state index in [9.17, 15) is 13.2 Å². The van der Waals surface area contributed by atoms with Gasteiger partial charge >= 0.3 is 0 Å². The van der Waals surface area contributed by atoms with E-state index in [1.807, 2.05) is 51.1 Å². The Hall–Kier alpha value is -2.54. The molecule has 0 bridgehead atoms. The van der Waals surface area contributed by atoms with Gasteiger partial charge in [-0.05, 0) is 50.5 Å². The Labute approximate surface area is 173 Å². The number of benzene rings is 2. The summed E-state index contributed by atoms with van der Waals surface area (Å²) in [5.74, 6) is 0.0256. The van der Waals surface area contributed by atoms with Gasteiger partial charge in [0.2, 0.25) is 15.9 Å². The van der Waals surface area contributed by atoms with Crippen LogP contribution in [0.3, 0.4) is 0 Å². The van der Waals surface area contributed by atoms with Gasteiger partial charge in [0, 0.05) is 0 Å². The lowest BCUT2D eigenvalue weighted by Gasteiger charge is -2.31. The Morgan fingerprint density at radius 2 is 1.69 bits per heavy atom. The molecule has 2 aromatic carbocycles. The fourth-order valence-corrected chi connectivity index (χ4v) is 4.44. The third-order valence-corrected chi connectivity index (χ3v) is 6.09. The van der Waals surface area contributed by atoms with E-state index in [1.54, 1.807) is 19.1 Å². The van der Waals surface area contributed by atoms with E-state index in [1.165, 1.54) is 7.11 Å². The molecule has 1 N–H and O–H groups in total. The summed E-state index contributed by atoms with van der Waals surface area (Å²) in [5.41, 5.74) is 3.34. The highest BCUT2D eigenvalue weighted by Crippen LogP contribution is 2.33. The number of nitrogens with zero attached hydrogens (tertiary/aromatic N) is 1. The number of methoxy groups -OCH3 is 1. The summed E-state index contributed by atoms with van der Waals surface area (Å²) in [6.07, 6.45) is 1.78. The fraction of sp³-hybridized carbons (Fsp3) is 0.409. The Kier molecular flexibility index (Phi) is 7.30. The Morgan fingerprint density at radius 1 is 1.10 bits per heavy atom. The van der Waals surface area contributed by atoms with Crippen molar-refractivity contribution in [1.29, 1.82) is 0 Å². The van der Waals surface area contributed by atoms with E-state index >= 15 is 0 Å². The van der Waals surface area contributed by atoms with Crippen LogP contribution in [-0.4, -0.2) is 33.7 Å². The van der Waals surface area contributed by atoms with E-state index in [2.05, 4.69) is 5.32 Å². The molecule has 6 nitrogen and oxygen atoms in total. The second kappa shape index (κ2) is 9.31. The Morgan fingerprint density at radius 3 is 2.21 bits per heavy atom. The lowest BCUT2D eigenvalue weighted by atomic mass is 10.0. The summed E-state index contributed by atoms with van der Waals surface area (Å²) < 4.78 is 31.7.